The minimum atomic E-state index is -0.527. The number of benzene rings is 2. The molecule has 1 aliphatic heterocycles. The second kappa shape index (κ2) is 8.61. The van der Waals surface area contributed by atoms with Crippen LogP contribution in [0.15, 0.2) is 60.2 Å². The van der Waals surface area contributed by atoms with E-state index in [9.17, 15) is 9.59 Å². The number of hydrogen-bond acceptors (Lipinski definition) is 4. The van der Waals surface area contributed by atoms with Crippen molar-refractivity contribution in [3.63, 3.8) is 0 Å². The highest BCUT2D eigenvalue weighted by Gasteiger charge is 2.34. The number of nitrogens with zero attached hydrogens (tertiary/aromatic N) is 2. The van der Waals surface area contributed by atoms with Gasteiger partial charge in [0.25, 0.3) is 11.8 Å². The van der Waals surface area contributed by atoms with E-state index in [1.54, 1.807) is 37.5 Å². The zero-order valence-electron chi connectivity index (χ0n) is 17.7. The molecule has 3 aromatic rings. The summed E-state index contributed by atoms with van der Waals surface area (Å²) in [7, 11) is 1.56. The topological polar surface area (TPSA) is 63.6 Å². The number of carbonyl (C=O) groups is 2. The maximum Gasteiger partial charge on any atom is 0.270 e. The first-order valence-electron chi connectivity index (χ1n) is 9.80. The van der Waals surface area contributed by atoms with Gasteiger partial charge in [-0.05, 0) is 92.3 Å². The van der Waals surface area contributed by atoms with Crippen molar-refractivity contribution in [1.82, 2.24) is 9.88 Å². The Morgan fingerprint density at radius 2 is 1.62 bits per heavy atom. The van der Waals surface area contributed by atoms with Gasteiger partial charge in [-0.15, -0.1) is 0 Å². The van der Waals surface area contributed by atoms with Crippen LogP contribution in [0, 0.1) is 13.8 Å². The van der Waals surface area contributed by atoms with Crippen LogP contribution in [0.5, 0.6) is 5.75 Å². The van der Waals surface area contributed by atoms with Crippen LogP contribution in [0.25, 0.3) is 11.8 Å². The number of ether oxygens (including phenoxy) is 1. The number of amides is 2. The van der Waals surface area contributed by atoms with E-state index in [0.29, 0.717) is 16.5 Å². The number of aromatic nitrogens is 1. The van der Waals surface area contributed by atoms with E-state index in [1.807, 2.05) is 48.7 Å². The van der Waals surface area contributed by atoms with Gasteiger partial charge in [0.05, 0.1) is 12.8 Å². The smallest absolute Gasteiger partial charge is 0.270 e. The molecule has 0 atom stereocenters. The van der Waals surface area contributed by atoms with Crippen molar-refractivity contribution in [2.24, 2.45) is 0 Å². The van der Waals surface area contributed by atoms with Crippen LogP contribution in [0.1, 0.15) is 17.0 Å². The normalized spacial score (nSPS) is 15.3. The van der Waals surface area contributed by atoms with Crippen molar-refractivity contribution >= 4 is 52.5 Å². The Bertz CT molecular complexity index is 1260. The second-order valence-electron chi connectivity index (χ2n) is 7.29. The van der Waals surface area contributed by atoms with Gasteiger partial charge in [-0.25, -0.2) is 0 Å². The average molecular weight is 466 g/mol. The third-order valence-electron chi connectivity index (χ3n) is 5.29. The van der Waals surface area contributed by atoms with Crippen LogP contribution < -0.4 is 15.0 Å². The predicted octanol–water partition coefficient (Wildman–Crippen LogP) is 4.59. The number of rotatable bonds is 4. The Morgan fingerprint density at radius 3 is 2.25 bits per heavy atom. The third-order valence-corrected chi connectivity index (χ3v) is 5.82. The molecule has 162 valence electrons. The first-order valence-corrected chi connectivity index (χ1v) is 10.6. The number of nitrogens with one attached hydrogen (secondary N) is 1. The zero-order valence-corrected chi connectivity index (χ0v) is 19.3. The summed E-state index contributed by atoms with van der Waals surface area (Å²) in [6.07, 6.45) is 1.60. The SMILES string of the molecule is COc1ccc(N2C(=O)C(=Cc3cc(C)n(-c4ccc(Cl)cc4)c3C)C(=O)NC2=S)cc1. The van der Waals surface area contributed by atoms with Crippen LogP contribution in [0.3, 0.4) is 0 Å². The van der Waals surface area contributed by atoms with E-state index >= 15 is 0 Å². The average Bonchev–Trinajstić information content (AvgIpc) is 3.05. The molecule has 1 fully saturated rings. The molecule has 2 heterocycles. The molecule has 6 nitrogen and oxygen atoms in total. The molecule has 1 aliphatic rings. The van der Waals surface area contributed by atoms with Gasteiger partial charge in [0.15, 0.2) is 5.11 Å². The van der Waals surface area contributed by atoms with Gasteiger partial charge >= 0.3 is 0 Å². The van der Waals surface area contributed by atoms with Crippen LogP contribution in [-0.2, 0) is 9.59 Å². The molecule has 1 aromatic heterocycles. The summed E-state index contributed by atoms with van der Waals surface area (Å²) in [5, 5.41) is 3.30. The third kappa shape index (κ3) is 3.92. The number of methoxy groups -OCH3 is 1. The lowest BCUT2D eigenvalue weighted by molar-refractivity contribution is -0.122. The standard InChI is InChI=1S/C24H20ClN3O3S/c1-14-12-16(15(2)27(14)18-6-4-17(25)5-7-18)13-21-22(29)26-24(32)28(23(21)30)19-8-10-20(31-3)11-9-19/h4-13H,1-3H3,(H,26,29,32). The predicted molar refractivity (Wildman–Crippen MR) is 129 cm³/mol. The van der Waals surface area contributed by atoms with Gasteiger partial charge in [-0.3, -0.25) is 19.8 Å². The maximum absolute atomic E-state index is 13.3. The van der Waals surface area contributed by atoms with Crippen molar-refractivity contribution in [3.8, 4) is 11.4 Å². The summed E-state index contributed by atoms with van der Waals surface area (Å²) >= 11 is 11.3. The molecule has 0 saturated carbocycles. The molecular formula is C24H20ClN3O3S. The van der Waals surface area contributed by atoms with Crippen LogP contribution >= 0.6 is 23.8 Å². The fourth-order valence-electron chi connectivity index (χ4n) is 3.70. The van der Waals surface area contributed by atoms with E-state index in [0.717, 1.165) is 22.6 Å². The first kappa shape index (κ1) is 21.8. The highest BCUT2D eigenvalue weighted by atomic mass is 35.5. The molecule has 0 spiro atoms. The van der Waals surface area contributed by atoms with Gasteiger partial charge in [0, 0.05) is 22.1 Å². The fourth-order valence-corrected chi connectivity index (χ4v) is 4.11. The van der Waals surface area contributed by atoms with Crippen LogP contribution in [-0.4, -0.2) is 28.6 Å². The Morgan fingerprint density at radius 1 is 1.00 bits per heavy atom. The lowest BCUT2D eigenvalue weighted by Gasteiger charge is -2.29. The molecule has 32 heavy (non-hydrogen) atoms. The molecular weight excluding hydrogens is 446 g/mol. The van der Waals surface area contributed by atoms with Gasteiger partial charge in [-0.2, -0.15) is 0 Å². The molecule has 1 saturated heterocycles. The maximum atomic E-state index is 13.3. The molecule has 1 N–H and O–H groups in total. The Labute approximate surface area is 196 Å². The van der Waals surface area contributed by atoms with Crippen molar-refractivity contribution in [3.05, 3.63) is 82.1 Å². The quantitative estimate of drug-likeness (QED) is 0.348. The monoisotopic (exact) mass is 465 g/mol. The zero-order chi connectivity index (χ0) is 23.0. The van der Waals surface area contributed by atoms with E-state index in [4.69, 9.17) is 28.6 Å². The van der Waals surface area contributed by atoms with Gasteiger partial charge < -0.3 is 9.30 Å². The molecule has 8 heteroatoms. The summed E-state index contributed by atoms with van der Waals surface area (Å²) in [4.78, 5) is 27.2. The minimum absolute atomic E-state index is 0.00535. The fraction of sp³-hybridized carbons (Fsp3) is 0.125. The number of anilines is 1. The molecule has 0 radical (unpaired) electrons. The number of aryl methyl sites for hydroxylation is 1. The second-order valence-corrected chi connectivity index (χ2v) is 8.12. The van der Waals surface area contributed by atoms with Crippen molar-refractivity contribution < 1.29 is 14.3 Å². The van der Waals surface area contributed by atoms with Crippen molar-refractivity contribution in [2.75, 3.05) is 12.0 Å². The molecule has 2 amide bonds. The lowest BCUT2D eigenvalue weighted by Crippen LogP contribution is -2.54. The number of halogens is 1. The molecule has 0 bridgehead atoms. The van der Waals surface area contributed by atoms with E-state index in [-0.39, 0.29) is 10.7 Å². The van der Waals surface area contributed by atoms with E-state index < -0.39 is 11.8 Å². The number of thiocarbonyl (C=S) groups is 1. The lowest BCUT2D eigenvalue weighted by atomic mass is 10.1. The highest BCUT2D eigenvalue weighted by Crippen LogP contribution is 2.27. The summed E-state index contributed by atoms with van der Waals surface area (Å²) in [6, 6.07) is 16.3. The summed E-state index contributed by atoms with van der Waals surface area (Å²) < 4.78 is 7.21. The number of hydrogen-bond donors (Lipinski definition) is 1. The van der Waals surface area contributed by atoms with Crippen LogP contribution in [0.4, 0.5) is 5.69 Å². The molecule has 0 aliphatic carbocycles. The van der Waals surface area contributed by atoms with Gasteiger partial charge in [0.2, 0.25) is 0 Å². The summed E-state index contributed by atoms with van der Waals surface area (Å²) in [5.41, 5.74) is 4.10. The Kier molecular flexibility index (Phi) is 5.86. The highest BCUT2D eigenvalue weighted by molar-refractivity contribution is 7.80. The Balaban J connectivity index is 1.73. The largest absolute Gasteiger partial charge is 0.497 e. The van der Waals surface area contributed by atoms with Gasteiger partial charge in [-0.1, -0.05) is 11.6 Å². The summed E-state index contributed by atoms with van der Waals surface area (Å²) in [6.45, 7) is 3.90. The number of carbonyl (C=O) groups excluding carboxylic acids is 2. The van der Waals surface area contributed by atoms with Crippen molar-refractivity contribution in [2.45, 2.75) is 13.8 Å². The van der Waals surface area contributed by atoms with E-state index in [2.05, 4.69) is 5.32 Å². The van der Waals surface area contributed by atoms with Gasteiger partial charge in [0.1, 0.15) is 11.3 Å². The molecule has 2 aromatic carbocycles. The Hall–Kier alpha value is -3.42. The minimum Gasteiger partial charge on any atom is -0.497 e. The van der Waals surface area contributed by atoms with E-state index in [1.165, 1.54) is 4.90 Å². The summed E-state index contributed by atoms with van der Waals surface area (Å²) in [5.74, 6) is -0.361. The first-order chi connectivity index (χ1) is 15.3. The van der Waals surface area contributed by atoms with Crippen LogP contribution in [0.2, 0.25) is 5.02 Å². The van der Waals surface area contributed by atoms with Crippen molar-refractivity contribution in [1.29, 1.82) is 0 Å². The molecule has 0 unspecified atom stereocenters. The molecule has 4 rings (SSSR count).